The predicted molar refractivity (Wildman–Crippen MR) is 48.4 cm³/mol. The smallest absolute Gasteiger partial charge is 0.225 e. The SMILES string of the molecule is CCc1nc2c(s1)CCC(=O)N2. The highest BCUT2D eigenvalue weighted by Gasteiger charge is 2.18. The Labute approximate surface area is 74.8 Å². The highest BCUT2D eigenvalue weighted by Crippen LogP contribution is 2.27. The largest absolute Gasteiger partial charge is 0.310 e. The summed E-state index contributed by atoms with van der Waals surface area (Å²) < 4.78 is 0. The van der Waals surface area contributed by atoms with Crippen molar-refractivity contribution in [2.75, 3.05) is 5.32 Å². The Kier molecular flexibility index (Phi) is 1.84. The van der Waals surface area contributed by atoms with Crippen LogP contribution < -0.4 is 5.32 Å². The second-order valence-electron chi connectivity index (χ2n) is 2.78. The Morgan fingerprint density at radius 2 is 2.42 bits per heavy atom. The van der Waals surface area contributed by atoms with E-state index in [-0.39, 0.29) is 5.91 Å². The fourth-order valence-corrected chi connectivity index (χ4v) is 2.20. The van der Waals surface area contributed by atoms with Crippen LogP contribution in [0.2, 0.25) is 0 Å². The molecule has 1 aliphatic rings. The van der Waals surface area contributed by atoms with Gasteiger partial charge in [0.2, 0.25) is 5.91 Å². The minimum atomic E-state index is 0.0930. The lowest BCUT2D eigenvalue weighted by molar-refractivity contribution is -0.116. The van der Waals surface area contributed by atoms with E-state index in [0.29, 0.717) is 6.42 Å². The van der Waals surface area contributed by atoms with E-state index < -0.39 is 0 Å². The molecule has 0 radical (unpaired) electrons. The summed E-state index contributed by atoms with van der Waals surface area (Å²) >= 11 is 1.71. The molecule has 3 nitrogen and oxygen atoms in total. The number of fused-ring (bicyclic) bond motifs is 1. The van der Waals surface area contributed by atoms with Crippen molar-refractivity contribution in [3.8, 4) is 0 Å². The summed E-state index contributed by atoms with van der Waals surface area (Å²) in [6.45, 7) is 2.08. The molecule has 64 valence electrons. The molecule has 12 heavy (non-hydrogen) atoms. The minimum absolute atomic E-state index is 0.0930. The number of aryl methyl sites for hydroxylation is 2. The fourth-order valence-electron chi connectivity index (χ4n) is 1.24. The molecule has 0 fully saturated rings. The van der Waals surface area contributed by atoms with Crippen LogP contribution in [0.4, 0.5) is 5.82 Å². The molecule has 1 aromatic rings. The number of nitrogens with one attached hydrogen (secondary N) is 1. The van der Waals surface area contributed by atoms with Crippen LogP contribution in [0.25, 0.3) is 0 Å². The van der Waals surface area contributed by atoms with Gasteiger partial charge in [0.05, 0.1) is 5.01 Å². The van der Waals surface area contributed by atoms with Gasteiger partial charge in [0.25, 0.3) is 0 Å². The van der Waals surface area contributed by atoms with Crippen LogP contribution in [0, 0.1) is 0 Å². The number of nitrogens with zero attached hydrogens (tertiary/aromatic N) is 1. The van der Waals surface area contributed by atoms with Crippen LogP contribution in [0.1, 0.15) is 23.2 Å². The summed E-state index contributed by atoms with van der Waals surface area (Å²) in [5, 5.41) is 3.89. The number of rotatable bonds is 1. The first-order valence-electron chi connectivity index (χ1n) is 4.08. The van der Waals surface area contributed by atoms with Gasteiger partial charge in [-0.25, -0.2) is 4.98 Å². The highest BCUT2D eigenvalue weighted by molar-refractivity contribution is 7.12. The number of hydrogen-bond acceptors (Lipinski definition) is 3. The first-order valence-corrected chi connectivity index (χ1v) is 4.89. The maximum Gasteiger partial charge on any atom is 0.225 e. The second kappa shape index (κ2) is 2.86. The minimum Gasteiger partial charge on any atom is -0.310 e. The molecule has 1 aromatic heterocycles. The molecule has 2 rings (SSSR count). The van der Waals surface area contributed by atoms with Gasteiger partial charge in [-0.15, -0.1) is 11.3 Å². The molecule has 0 aliphatic carbocycles. The van der Waals surface area contributed by atoms with Crippen LogP contribution >= 0.6 is 11.3 Å². The van der Waals surface area contributed by atoms with E-state index in [1.165, 1.54) is 4.88 Å². The zero-order valence-electron chi connectivity index (χ0n) is 6.89. The lowest BCUT2D eigenvalue weighted by atomic mass is 10.2. The van der Waals surface area contributed by atoms with E-state index in [0.717, 1.165) is 23.7 Å². The van der Waals surface area contributed by atoms with Gasteiger partial charge in [0.1, 0.15) is 5.82 Å². The Balaban J connectivity index is 2.34. The van der Waals surface area contributed by atoms with Crippen molar-refractivity contribution in [1.82, 2.24) is 4.98 Å². The number of aromatic nitrogens is 1. The lowest BCUT2D eigenvalue weighted by Gasteiger charge is -2.09. The number of carbonyl (C=O) groups excluding carboxylic acids is 1. The summed E-state index contributed by atoms with van der Waals surface area (Å²) in [7, 11) is 0. The van der Waals surface area contributed by atoms with Crippen LogP contribution in [-0.2, 0) is 17.6 Å². The molecule has 1 N–H and O–H groups in total. The maximum atomic E-state index is 11.0. The van der Waals surface area contributed by atoms with Crippen molar-refractivity contribution < 1.29 is 4.79 Å². The summed E-state index contributed by atoms with van der Waals surface area (Å²) in [5.41, 5.74) is 0. The number of amides is 1. The first kappa shape index (κ1) is 7.73. The van der Waals surface area contributed by atoms with E-state index >= 15 is 0 Å². The molecular weight excluding hydrogens is 172 g/mol. The van der Waals surface area contributed by atoms with Crippen LogP contribution in [0.5, 0.6) is 0 Å². The van der Waals surface area contributed by atoms with Crippen LogP contribution in [-0.4, -0.2) is 10.9 Å². The summed E-state index contributed by atoms with van der Waals surface area (Å²) in [5.74, 6) is 0.892. The van der Waals surface area contributed by atoms with Crippen molar-refractivity contribution in [3.05, 3.63) is 9.88 Å². The van der Waals surface area contributed by atoms with Crippen molar-refractivity contribution in [2.45, 2.75) is 26.2 Å². The van der Waals surface area contributed by atoms with Gasteiger partial charge in [0.15, 0.2) is 0 Å². The van der Waals surface area contributed by atoms with Gasteiger partial charge >= 0.3 is 0 Å². The van der Waals surface area contributed by atoms with Gasteiger partial charge < -0.3 is 5.32 Å². The summed E-state index contributed by atoms with van der Waals surface area (Å²) in [6.07, 6.45) is 2.42. The van der Waals surface area contributed by atoms with E-state index in [2.05, 4.69) is 17.2 Å². The second-order valence-corrected chi connectivity index (χ2v) is 3.95. The van der Waals surface area contributed by atoms with Crippen molar-refractivity contribution in [1.29, 1.82) is 0 Å². The number of thiazole rings is 1. The average molecular weight is 182 g/mol. The molecule has 0 saturated heterocycles. The predicted octanol–water partition coefficient (Wildman–Crippen LogP) is 1.59. The van der Waals surface area contributed by atoms with Gasteiger partial charge in [-0.1, -0.05) is 6.92 Å². The molecule has 0 aromatic carbocycles. The third-order valence-electron chi connectivity index (χ3n) is 1.88. The van der Waals surface area contributed by atoms with Gasteiger partial charge in [-0.05, 0) is 12.8 Å². The van der Waals surface area contributed by atoms with Crippen molar-refractivity contribution in [2.24, 2.45) is 0 Å². The van der Waals surface area contributed by atoms with E-state index in [4.69, 9.17) is 0 Å². The number of hydrogen-bond donors (Lipinski definition) is 1. The van der Waals surface area contributed by atoms with E-state index in [9.17, 15) is 4.79 Å². The molecule has 2 heterocycles. The topological polar surface area (TPSA) is 42.0 Å². The molecule has 1 amide bonds. The third-order valence-corrected chi connectivity index (χ3v) is 3.14. The van der Waals surface area contributed by atoms with E-state index in [1.54, 1.807) is 11.3 Å². The van der Waals surface area contributed by atoms with Crippen molar-refractivity contribution in [3.63, 3.8) is 0 Å². The Hall–Kier alpha value is -0.900. The van der Waals surface area contributed by atoms with E-state index in [1.807, 2.05) is 0 Å². The Bertz CT molecular complexity index is 319. The molecule has 0 unspecified atom stereocenters. The Morgan fingerprint density at radius 1 is 1.58 bits per heavy atom. The van der Waals surface area contributed by atoms with Crippen LogP contribution in [0.15, 0.2) is 0 Å². The fraction of sp³-hybridized carbons (Fsp3) is 0.500. The molecule has 0 atom stereocenters. The standard InChI is InChI=1S/C8H10N2OS/c1-2-7-10-8-5(12-7)3-4-6(11)9-8/h2-4H2,1H3,(H,9,11). The monoisotopic (exact) mass is 182 g/mol. The zero-order valence-corrected chi connectivity index (χ0v) is 7.70. The lowest BCUT2D eigenvalue weighted by Crippen LogP contribution is -2.17. The highest BCUT2D eigenvalue weighted by atomic mass is 32.1. The first-order chi connectivity index (χ1) is 5.79. The number of anilines is 1. The molecular formula is C8H10N2OS. The zero-order chi connectivity index (χ0) is 8.55. The molecule has 0 saturated carbocycles. The van der Waals surface area contributed by atoms with Crippen molar-refractivity contribution >= 4 is 23.1 Å². The average Bonchev–Trinajstić information content (AvgIpc) is 2.46. The quantitative estimate of drug-likeness (QED) is 0.716. The molecule has 0 spiro atoms. The third kappa shape index (κ3) is 1.22. The summed E-state index contributed by atoms with van der Waals surface area (Å²) in [4.78, 5) is 16.5. The van der Waals surface area contributed by atoms with Gasteiger partial charge in [0, 0.05) is 11.3 Å². The maximum absolute atomic E-state index is 11.0. The molecule has 1 aliphatic heterocycles. The molecule has 0 bridgehead atoms. The Morgan fingerprint density at radius 3 is 3.17 bits per heavy atom. The van der Waals surface area contributed by atoms with Gasteiger partial charge in [-0.2, -0.15) is 0 Å². The number of carbonyl (C=O) groups is 1. The molecule has 4 heteroatoms. The van der Waals surface area contributed by atoms with Gasteiger partial charge in [-0.3, -0.25) is 4.79 Å². The summed E-state index contributed by atoms with van der Waals surface area (Å²) in [6, 6.07) is 0. The van der Waals surface area contributed by atoms with Crippen LogP contribution in [0.3, 0.4) is 0 Å². The normalized spacial score (nSPS) is 15.6.